The van der Waals surface area contributed by atoms with Crippen molar-refractivity contribution in [1.29, 1.82) is 0 Å². The lowest BCUT2D eigenvalue weighted by Crippen LogP contribution is -2.64. The molecule has 16 heteroatoms. The average molecular weight is 651 g/mol. The zero-order valence-electron chi connectivity index (χ0n) is 24.7. The van der Waals surface area contributed by atoms with E-state index < -0.39 is 70.9 Å². The van der Waals surface area contributed by atoms with Crippen LogP contribution in [0.25, 0.3) is 0 Å². The zero-order chi connectivity index (χ0) is 31.8. The number of phosphoric ester groups is 2. The van der Waals surface area contributed by atoms with Crippen LogP contribution in [0.15, 0.2) is 0 Å². The largest absolute Gasteiger partial charge is 0.472 e. The molecule has 1 saturated carbocycles. The highest BCUT2D eigenvalue weighted by atomic mass is 31.2. The maximum Gasteiger partial charge on any atom is 0.472 e. The number of aliphatic hydroxyl groups is 4. The van der Waals surface area contributed by atoms with Crippen molar-refractivity contribution in [3.63, 3.8) is 0 Å². The zero-order valence-corrected chi connectivity index (χ0v) is 26.5. The normalized spacial score (nSPS) is 27.0. The molecule has 0 spiro atoms. The molecule has 250 valence electrons. The first-order valence-electron chi connectivity index (χ1n) is 15.0. The highest BCUT2D eigenvalue weighted by Crippen LogP contribution is 2.49. The van der Waals surface area contributed by atoms with Gasteiger partial charge in [0, 0.05) is 6.42 Å². The van der Waals surface area contributed by atoms with Crippen LogP contribution in [0.2, 0.25) is 0 Å². The summed E-state index contributed by atoms with van der Waals surface area (Å²) >= 11 is 0. The van der Waals surface area contributed by atoms with Gasteiger partial charge in [0.1, 0.15) is 42.7 Å². The van der Waals surface area contributed by atoms with Crippen molar-refractivity contribution in [3.05, 3.63) is 0 Å². The van der Waals surface area contributed by atoms with Crippen LogP contribution in [0.4, 0.5) is 0 Å². The molecule has 0 aromatic carbocycles. The number of hydrogen-bond acceptors (Lipinski definition) is 11. The Morgan fingerprint density at radius 2 is 1.12 bits per heavy atom. The van der Waals surface area contributed by atoms with Crippen LogP contribution in [0.1, 0.15) is 110 Å². The molecule has 0 saturated heterocycles. The van der Waals surface area contributed by atoms with Crippen LogP contribution in [-0.2, 0) is 32.2 Å². The maximum absolute atomic E-state index is 12.5. The van der Waals surface area contributed by atoms with Crippen molar-refractivity contribution in [1.82, 2.24) is 0 Å². The second-order valence-corrected chi connectivity index (χ2v) is 13.5. The van der Waals surface area contributed by atoms with Crippen LogP contribution in [-0.4, -0.2) is 90.4 Å². The molecule has 1 fully saturated rings. The third kappa shape index (κ3) is 16.0. The molecule has 1 rings (SSSR count). The van der Waals surface area contributed by atoms with E-state index in [0.717, 1.165) is 19.3 Å². The molecule has 4 unspecified atom stereocenters. The molecule has 7 N–H and O–H groups in total. The van der Waals surface area contributed by atoms with Gasteiger partial charge in [0.05, 0.1) is 6.61 Å². The van der Waals surface area contributed by atoms with E-state index in [1.165, 1.54) is 57.8 Å². The summed E-state index contributed by atoms with van der Waals surface area (Å²) in [7, 11) is -10.4. The van der Waals surface area contributed by atoms with E-state index in [0.29, 0.717) is 6.42 Å². The minimum absolute atomic E-state index is 0.184. The van der Waals surface area contributed by atoms with Gasteiger partial charge in [0.25, 0.3) is 0 Å². The van der Waals surface area contributed by atoms with Crippen molar-refractivity contribution < 1.29 is 67.3 Å². The standard InChI is InChI=1S/C26H52O14P2/c1-3-5-6-7-8-9-10-11-12-13-14-15-16-17-20(27)38-19(4-2)18-37-42(35,36)40-26-23(30)21(28)22(29)25(24(26)31)39-41(32,33)34/h19,21-26,28-31H,3-18H2,1-2H3,(H,35,36)(H2,32,33,34)/t19-,21+,22?,23+,24?,25-,26?/m1/s1. The van der Waals surface area contributed by atoms with Gasteiger partial charge in [-0.15, -0.1) is 0 Å². The Labute approximate surface area is 248 Å². The first-order valence-corrected chi connectivity index (χ1v) is 18.1. The van der Waals surface area contributed by atoms with Gasteiger partial charge in [-0.25, -0.2) is 9.13 Å². The predicted octanol–water partition coefficient (Wildman–Crippen LogP) is 3.23. The van der Waals surface area contributed by atoms with Crippen molar-refractivity contribution in [2.24, 2.45) is 0 Å². The van der Waals surface area contributed by atoms with Crippen LogP contribution in [0.5, 0.6) is 0 Å². The molecular formula is C26H52O14P2. The molecule has 42 heavy (non-hydrogen) atoms. The van der Waals surface area contributed by atoms with Crippen LogP contribution >= 0.6 is 15.6 Å². The fraction of sp³-hybridized carbons (Fsp3) is 0.962. The number of esters is 1. The predicted molar refractivity (Wildman–Crippen MR) is 152 cm³/mol. The SMILES string of the molecule is CCCCCCCCCCCCCCCC(=O)O[C@H](CC)COP(=O)(O)OC1C(O)[C@H](OP(=O)(O)O)C(O)[C@H](O)[C@@H]1O. The second-order valence-electron chi connectivity index (χ2n) is 10.9. The van der Waals surface area contributed by atoms with Crippen LogP contribution in [0, 0.1) is 0 Å². The van der Waals surface area contributed by atoms with E-state index in [4.69, 9.17) is 23.6 Å². The molecule has 1 aliphatic carbocycles. The summed E-state index contributed by atoms with van der Waals surface area (Å²) in [5.41, 5.74) is 0. The Morgan fingerprint density at radius 1 is 0.667 bits per heavy atom. The highest BCUT2D eigenvalue weighted by Gasteiger charge is 2.54. The number of phosphoric acid groups is 2. The molecule has 1 aliphatic rings. The third-order valence-electron chi connectivity index (χ3n) is 7.22. The maximum atomic E-state index is 12.5. The van der Waals surface area contributed by atoms with Gasteiger partial charge in [0.2, 0.25) is 0 Å². The number of rotatable bonds is 23. The molecule has 14 nitrogen and oxygen atoms in total. The number of aliphatic hydroxyl groups excluding tert-OH is 4. The molecule has 0 aromatic heterocycles. The summed E-state index contributed by atoms with van der Waals surface area (Å²) < 4.78 is 42.8. The fourth-order valence-corrected chi connectivity index (χ4v) is 6.26. The Bertz CT molecular complexity index is 840. The number of carbonyl (C=O) groups excluding carboxylic acids is 1. The Balaban J connectivity index is 2.36. The average Bonchev–Trinajstić information content (AvgIpc) is 2.92. The summed E-state index contributed by atoms with van der Waals surface area (Å²) in [4.78, 5) is 40.3. The number of unbranched alkanes of at least 4 members (excludes halogenated alkanes) is 12. The van der Waals surface area contributed by atoms with E-state index in [2.05, 4.69) is 11.4 Å². The van der Waals surface area contributed by atoms with E-state index in [1.807, 2.05) is 0 Å². The summed E-state index contributed by atoms with van der Waals surface area (Å²) in [5, 5.41) is 40.3. The number of ether oxygens (including phenoxy) is 1. The van der Waals surface area contributed by atoms with Gasteiger partial charge in [-0.1, -0.05) is 90.9 Å². The van der Waals surface area contributed by atoms with E-state index in [1.54, 1.807) is 6.92 Å². The van der Waals surface area contributed by atoms with Crippen molar-refractivity contribution in [2.45, 2.75) is 153 Å². The first kappa shape index (κ1) is 39.6. The summed E-state index contributed by atoms with van der Waals surface area (Å²) in [6.07, 6.45) is 1.76. The summed E-state index contributed by atoms with van der Waals surface area (Å²) in [5.74, 6) is -0.491. The molecule has 0 aromatic rings. The Morgan fingerprint density at radius 3 is 1.57 bits per heavy atom. The van der Waals surface area contributed by atoms with Gasteiger partial charge < -0.3 is 39.8 Å². The van der Waals surface area contributed by atoms with E-state index in [-0.39, 0.29) is 12.8 Å². The third-order valence-corrected chi connectivity index (χ3v) is 8.72. The smallest absolute Gasteiger partial charge is 0.460 e. The van der Waals surface area contributed by atoms with Gasteiger partial charge in [-0.2, -0.15) is 0 Å². The topological polar surface area (TPSA) is 230 Å². The highest BCUT2D eigenvalue weighted by molar-refractivity contribution is 7.47. The van der Waals surface area contributed by atoms with E-state index >= 15 is 0 Å². The van der Waals surface area contributed by atoms with Crippen molar-refractivity contribution >= 4 is 21.6 Å². The lowest BCUT2D eigenvalue weighted by molar-refractivity contribution is -0.216. The Hall–Kier alpha value is -0.470. The van der Waals surface area contributed by atoms with Crippen molar-refractivity contribution in [3.8, 4) is 0 Å². The lowest BCUT2D eigenvalue weighted by atomic mass is 9.85. The molecule has 0 radical (unpaired) electrons. The molecule has 0 amide bonds. The van der Waals surface area contributed by atoms with Gasteiger partial charge in [-0.3, -0.25) is 18.4 Å². The molecule has 0 heterocycles. The number of hydrogen-bond donors (Lipinski definition) is 7. The lowest BCUT2D eigenvalue weighted by Gasteiger charge is -2.43. The Kier molecular flexibility index (Phi) is 19.3. The second kappa shape index (κ2) is 20.5. The number of carbonyl (C=O) groups is 1. The minimum atomic E-state index is -5.28. The minimum Gasteiger partial charge on any atom is -0.460 e. The first-order chi connectivity index (χ1) is 19.7. The fourth-order valence-electron chi connectivity index (χ4n) is 4.72. The molecule has 8 atom stereocenters. The molecule has 0 aliphatic heterocycles. The summed E-state index contributed by atoms with van der Waals surface area (Å²) in [6.45, 7) is 3.31. The van der Waals surface area contributed by atoms with Gasteiger partial charge in [0.15, 0.2) is 0 Å². The summed E-state index contributed by atoms with van der Waals surface area (Å²) in [6, 6.07) is 0. The monoisotopic (exact) mass is 650 g/mol. The van der Waals surface area contributed by atoms with E-state index in [9.17, 15) is 39.2 Å². The van der Waals surface area contributed by atoms with Crippen LogP contribution < -0.4 is 0 Å². The van der Waals surface area contributed by atoms with Gasteiger partial charge >= 0.3 is 21.6 Å². The molecular weight excluding hydrogens is 598 g/mol. The van der Waals surface area contributed by atoms with Gasteiger partial charge in [-0.05, 0) is 12.8 Å². The quantitative estimate of drug-likeness (QED) is 0.0478. The van der Waals surface area contributed by atoms with Crippen LogP contribution in [0.3, 0.4) is 0 Å². The van der Waals surface area contributed by atoms with Crippen molar-refractivity contribution in [2.75, 3.05) is 6.61 Å². The molecule has 0 bridgehead atoms.